The molecule has 0 amide bonds. The lowest BCUT2D eigenvalue weighted by Crippen LogP contribution is -2.75. The highest BCUT2D eigenvalue weighted by molar-refractivity contribution is 6.06. The lowest BCUT2D eigenvalue weighted by molar-refractivity contribution is -0.249. The highest BCUT2D eigenvalue weighted by Gasteiger charge is 2.91. The van der Waals surface area contributed by atoms with E-state index in [0.29, 0.717) is 6.42 Å². The van der Waals surface area contributed by atoms with E-state index in [9.17, 15) is 24.3 Å². The van der Waals surface area contributed by atoms with Crippen LogP contribution in [-0.4, -0.2) is 52.5 Å². The van der Waals surface area contributed by atoms with E-state index < -0.39 is 74.8 Å². The maximum Gasteiger partial charge on any atom is 0.308 e. The van der Waals surface area contributed by atoms with Crippen LogP contribution in [0.4, 0.5) is 0 Å². The minimum absolute atomic E-state index is 0.250. The van der Waals surface area contributed by atoms with Crippen LogP contribution >= 0.6 is 0 Å². The maximum atomic E-state index is 14.7. The summed E-state index contributed by atoms with van der Waals surface area (Å²) in [5.74, 6) is -3.90. The van der Waals surface area contributed by atoms with Gasteiger partial charge in [0.2, 0.25) is 5.78 Å². The third kappa shape index (κ3) is 3.05. The quantitative estimate of drug-likeness (QED) is 0.410. The number of fused-ring (bicyclic) bond motifs is 3. The van der Waals surface area contributed by atoms with Gasteiger partial charge in [-0.1, -0.05) is 33.8 Å². The highest BCUT2D eigenvalue weighted by atomic mass is 16.6. The lowest BCUT2D eigenvalue weighted by atomic mass is 9.38. The van der Waals surface area contributed by atoms with Crippen molar-refractivity contribution in [3.05, 3.63) is 47.6 Å². The van der Waals surface area contributed by atoms with Gasteiger partial charge in [0.1, 0.15) is 17.8 Å². The third-order valence-corrected chi connectivity index (χ3v) is 11.2. The molecular weight excluding hydrogens is 528 g/mol. The molecule has 220 valence electrons. The van der Waals surface area contributed by atoms with Crippen molar-refractivity contribution in [3.63, 3.8) is 0 Å². The second-order valence-corrected chi connectivity index (χ2v) is 13.9. The van der Waals surface area contributed by atoms with E-state index in [1.54, 1.807) is 53.2 Å². The van der Waals surface area contributed by atoms with Gasteiger partial charge >= 0.3 is 11.9 Å². The van der Waals surface area contributed by atoms with Crippen LogP contribution in [0.3, 0.4) is 0 Å². The molecule has 6 rings (SSSR count). The minimum Gasteiger partial charge on any atom is -0.504 e. The summed E-state index contributed by atoms with van der Waals surface area (Å²) in [5.41, 5.74) is -4.81. The molecule has 1 aliphatic heterocycles. The molecule has 9 nitrogen and oxygen atoms in total. The fourth-order valence-corrected chi connectivity index (χ4v) is 9.58. The largest absolute Gasteiger partial charge is 0.504 e. The van der Waals surface area contributed by atoms with E-state index >= 15 is 0 Å². The molecule has 1 saturated heterocycles. The Morgan fingerprint density at radius 2 is 1.78 bits per heavy atom. The maximum absolute atomic E-state index is 14.7. The molecule has 9 atom stereocenters. The second kappa shape index (κ2) is 8.21. The first kappa shape index (κ1) is 27.9. The number of hydrogen-bond donors (Lipinski definition) is 1. The van der Waals surface area contributed by atoms with Crippen LogP contribution in [-0.2, 0) is 33.4 Å². The first-order valence-corrected chi connectivity index (χ1v) is 14.3. The average molecular weight is 567 g/mol. The van der Waals surface area contributed by atoms with Gasteiger partial charge in [-0.25, -0.2) is 0 Å². The van der Waals surface area contributed by atoms with Crippen molar-refractivity contribution in [1.82, 2.24) is 0 Å². The highest BCUT2D eigenvalue weighted by Crippen LogP contribution is 2.81. The fourth-order valence-electron chi connectivity index (χ4n) is 9.58. The van der Waals surface area contributed by atoms with Crippen LogP contribution in [0.1, 0.15) is 73.3 Å². The molecule has 9 heteroatoms. The number of allylic oxidation sites excluding steroid dienone is 4. The van der Waals surface area contributed by atoms with Crippen LogP contribution in [0.25, 0.3) is 0 Å². The van der Waals surface area contributed by atoms with Crippen molar-refractivity contribution in [2.75, 3.05) is 0 Å². The standard InChI is InChI=1S/C32H38O9/c1-15(2)27(37)40-26-22(39-16(3)33)24-29(6)11-9-19(34)28(4,5)23(29)21(35)25(36)31(24,8)32-20(41-32)13-18(30(26,32)7)17-10-12-38-14-17/h9-12,14-15,18,20,22,24,26,35H,13H2,1-8H3/t18-,20+,22+,24?,26-,29-,30+,31-,32+/m0/s1. The molecule has 1 unspecified atom stereocenters. The summed E-state index contributed by atoms with van der Waals surface area (Å²) in [6.45, 7) is 13.7. The summed E-state index contributed by atoms with van der Waals surface area (Å²) in [6, 6.07) is 1.85. The Balaban J connectivity index is 1.68. The van der Waals surface area contributed by atoms with Gasteiger partial charge in [-0.3, -0.25) is 19.2 Å². The summed E-state index contributed by atoms with van der Waals surface area (Å²) in [5, 5.41) is 11.7. The van der Waals surface area contributed by atoms with Crippen molar-refractivity contribution >= 4 is 23.5 Å². The zero-order valence-electron chi connectivity index (χ0n) is 24.8. The number of carbonyl (C=O) groups is 4. The molecule has 41 heavy (non-hydrogen) atoms. The van der Waals surface area contributed by atoms with Crippen LogP contribution in [0, 0.1) is 33.5 Å². The molecule has 5 aliphatic rings. The molecule has 1 aromatic rings. The first-order chi connectivity index (χ1) is 19.0. The smallest absolute Gasteiger partial charge is 0.308 e. The monoisotopic (exact) mass is 566 g/mol. The van der Waals surface area contributed by atoms with Crippen molar-refractivity contribution in [1.29, 1.82) is 0 Å². The average Bonchev–Trinajstić information content (AvgIpc) is 3.24. The summed E-state index contributed by atoms with van der Waals surface area (Å²) < 4.78 is 24.5. The number of rotatable bonds is 4. The number of hydrogen-bond acceptors (Lipinski definition) is 9. The summed E-state index contributed by atoms with van der Waals surface area (Å²) >= 11 is 0. The third-order valence-electron chi connectivity index (χ3n) is 11.2. The van der Waals surface area contributed by atoms with E-state index in [0.717, 1.165) is 5.56 Å². The fraction of sp³-hybridized carbons (Fsp3) is 0.625. The van der Waals surface area contributed by atoms with Gasteiger partial charge in [-0.05, 0) is 50.5 Å². The van der Waals surface area contributed by atoms with Gasteiger partial charge in [0.25, 0.3) is 0 Å². The van der Waals surface area contributed by atoms with E-state index in [4.69, 9.17) is 18.6 Å². The van der Waals surface area contributed by atoms with Crippen LogP contribution in [0.2, 0.25) is 0 Å². The summed E-state index contributed by atoms with van der Waals surface area (Å²) in [7, 11) is 0. The van der Waals surface area contributed by atoms with Gasteiger partial charge < -0.3 is 23.7 Å². The number of esters is 2. The van der Waals surface area contributed by atoms with Crippen LogP contribution in [0.5, 0.6) is 0 Å². The van der Waals surface area contributed by atoms with Crippen molar-refractivity contribution in [2.24, 2.45) is 33.5 Å². The Hall–Kier alpha value is -3.20. The number of carbonyl (C=O) groups excluding carboxylic acids is 4. The molecule has 0 aromatic carbocycles. The Kier molecular flexibility index (Phi) is 5.59. The molecule has 0 bridgehead atoms. The van der Waals surface area contributed by atoms with E-state index in [1.165, 1.54) is 13.0 Å². The molecule has 2 heterocycles. The molecule has 4 aliphatic carbocycles. The van der Waals surface area contributed by atoms with Gasteiger partial charge in [0.05, 0.1) is 35.4 Å². The summed E-state index contributed by atoms with van der Waals surface area (Å²) in [6.07, 6.45) is 4.42. The van der Waals surface area contributed by atoms with E-state index in [-0.39, 0.29) is 23.4 Å². The molecular formula is C32H38O9. The summed E-state index contributed by atoms with van der Waals surface area (Å²) in [4.78, 5) is 53.9. The number of furan rings is 1. The Labute approximate surface area is 239 Å². The lowest BCUT2D eigenvalue weighted by Gasteiger charge is -2.65. The predicted molar refractivity (Wildman–Crippen MR) is 144 cm³/mol. The van der Waals surface area contributed by atoms with Gasteiger partial charge in [-0.15, -0.1) is 0 Å². The second-order valence-electron chi connectivity index (χ2n) is 13.9. The minimum atomic E-state index is -1.41. The normalized spacial score (nSPS) is 43.7. The van der Waals surface area contributed by atoms with Crippen LogP contribution < -0.4 is 0 Å². The Morgan fingerprint density at radius 3 is 2.37 bits per heavy atom. The number of aliphatic hydroxyl groups excluding tert-OH is 1. The predicted octanol–water partition coefficient (Wildman–Crippen LogP) is 4.61. The molecule has 2 saturated carbocycles. The van der Waals surface area contributed by atoms with Crippen molar-refractivity contribution in [3.8, 4) is 0 Å². The van der Waals surface area contributed by atoms with Crippen molar-refractivity contribution in [2.45, 2.75) is 91.6 Å². The zero-order chi connectivity index (χ0) is 30.1. The molecule has 3 fully saturated rings. The van der Waals surface area contributed by atoms with Gasteiger partial charge in [0.15, 0.2) is 11.5 Å². The first-order valence-electron chi connectivity index (χ1n) is 14.3. The SMILES string of the molecule is CC(=O)O[C@@H]1C2[C@@]3(C)C=CC(=O)C(C)(C)C3=C(O)C(=O)[C@@]2(C)[C@@]23O[C@@H]2C[C@@H](c2ccoc2)[C@]3(C)[C@H]1OC(=O)C(C)C. The molecule has 1 spiro atoms. The van der Waals surface area contributed by atoms with Crippen LogP contribution in [0.15, 0.2) is 46.5 Å². The topological polar surface area (TPSA) is 133 Å². The number of epoxide rings is 1. The van der Waals surface area contributed by atoms with E-state index in [1.807, 2.05) is 19.9 Å². The zero-order valence-corrected chi connectivity index (χ0v) is 24.8. The number of aliphatic hydroxyl groups is 1. The number of Topliss-reactive ketones (excluding diaryl/α,β-unsaturated/α-hetero) is 1. The molecule has 1 aromatic heterocycles. The molecule has 0 radical (unpaired) electrons. The number of ether oxygens (including phenoxy) is 3. The number of ketones is 2. The Bertz CT molecular complexity index is 1430. The van der Waals surface area contributed by atoms with Crippen molar-refractivity contribution < 1.29 is 42.9 Å². The van der Waals surface area contributed by atoms with E-state index in [2.05, 4.69) is 0 Å². The van der Waals surface area contributed by atoms with Gasteiger partial charge in [-0.2, -0.15) is 0 Å². The molecule has 1 N–H and O–H groups in total. The van der Waals surface area contributed by atoms with Gasteiger partial charge in [0, 0.05) is 29.6 Å². The Morgan fingerprint density at radius 1 is 1.10 bits per heavy atom.